The Kier molecular flexibility index (Phi) is 5.35. The molecule has 2 aromatic heterocycles. The Hall–Kier alpha value is -3.51. The number of anilines is 3. The molecule has 4 aromatic rings. The highest BCUT2D eigenvalue weighted by molar-refractivity contribution is 7.18. The van der Waals surface area contributed by atoms with Gasteiger partial charge in [-0.3, -0.25) is 9.78 Å². The summed E-state index contributed by atoms with van der Waals surface area (Å²) in [4.78, 5) is 22.3. The van der Waals surface area contributed by atoms with E-state index in [1.165, 1.54) is 16.9 Å². The lowest BCUT2D eigenvalue weighted by molar-refractivity contribution is 0.103. The Bertz CT molecular complexity index is 1140. The molecule has 29 heavy (non-hydrogen) atoms. The first-order valence-corrected chi connectivity index (χ1v) is 10.0. The Balaban J connectivity index is 1.70. The molecule has 144 valence electrons. The fourth-order valence-electron chi connectivity index (χ4n) is 3.01. The van der Waals surface area contributed by atoms with Crippen LogP contribution in [-0.2, 0) is 0 Å². The van der Waals surface area contributed by atoms with Gasteiger partial charge < -0.3 is 10.6 Å². The molecule has 0 aliphatic rings. The summed E-state index contributed by atoms with van der Waals surface area (Å²) >= 11 is 1.33. The zero-order valence-corrected chi connectivity index (χ0v) is 17.0. The quantitative estimate of drug-likeness (QED) is 0.443. The monoisotopic (exact) mass is 400 g/mol. The van der Waals surface area contributed by atoms with Crippen LogP contribution in [0, 0.1) is 13.8 Å². The topological polar surface area (TPSA) is 66.9 Å². The number of carbonyl (C=O) groups excluding carboxylic acids is 1. The van der Waals surface area contributed by atoms with Gasteiger partial charge in [0.15, 0.2) is 5.13 Å². The molecule has 0 fully saturated rings. The van der Waals surface area contributed by atoms with Crippen LogP contribution >= 0.6 is 11.3 Å². The number of nitrogens with zero attached hydrogens (tertiary/aromatic N) is 2. The number of rotatable bonds is 5. The van der Waals surface area contributed by atoms with Crippen molar-refractivity contribution in [3.63, 3.8) is 0 Å². The van der Waals surface area contributed by atoms with Crippen LogP contribution in [0.4, 0.5) is 16.5 Å². The Morgan fingerprint density at radius 2 is 1.83 bits per heavy atom. The van der Waals surface area contributed by atoms with Crippen LogP contribution in [0.25, 0.3) is 11.3 Å². The third-order valence-electron chi connectivity index (χ3n) is 4.42. The van der Waals surface area contributed by atoms with Gasteiger partial charge in [0.1, 0.15) is 4.88 Å². The van der Waals surface area contributed by atoms with Crippen molar-refractivity contribution in [3.8, 4) is 11.3 Å². The minimum Gasteiger partial charge on any atom is -0.331 e. The van der Waals surface area contributed by atoms with Crippen LogP contribution in [0.3, 0.4) is 0 Å². The van der Waals surface area contributed by atoms with Crippen LogP contribution in [0.5, 0.6) is 0 Å². The lowest BCUT2D eigenvalue weighted by atomic mass is 10.1. The van der Waals surface area contributed by atoms with Gasteiger partial charge in [0.05, 0.1) is 17.6 Å². The van der Waals surface area contributed by atoms with Crippen LogP contribution < -0.4 is 10.6 Å². The molecule has 6 heteroatoms. The van der Waals surface area contributed by atoms with Gasteiger partial charge >= 0.3 is 0 Å². The van der Waals surface area contributed by atoms with Crippen molar-refractivity contribution >= 4 is 33.8 Å². The smallest absolute Gasteiger partial charge is 0.268 e. The molecule has 0 bridgehead atoms. The number of nitrogens with one attached hydrogen (secondary N) is 2. The first kappa shape index (κ1) is 18.8. The minimum atomic E-state index is -0.206. The van der Waals surface area contributed by atoms with Crippen molar-refractivity contribution in [1.29, 1.82) is 0 Å². The molecule has 0 aliphatic carbocycles. The molecule has 5 nitrogen and oxygen atoms in total. The van der Waals surface area contributed by atoms with E-state index in [0.29, 0.717) is 21.4 Å². The molecule has 4 rings (SSSR count). The molecule has 2 N–H and O–H groups in total. The highest BCUT2D eigenvalue weighted by Crippen LogP contribution is 2.34. The number of carbonyl (C=O) groups is 1. The van der Waals surface area contributed by atoms with Crippen molar-refractivity contribution in [2.24, 2.45) is 0 Å². The average Bonchev–Trinajstić information content (AvgIpc) is 3.16. The van der Waals surface area contributed by atoms with Gasteiger partial charge in [0.25, 0.3) is 5.91 Å². The number of hydrogen-bond acceptors (Lipinski definition) is 5. The number of benzene rings is 2. The first-order chi connectivity index (χ1) is 14.1. The molecule has 2 heterocycles. The molecular weight excluding hydrogens is 380 g/mol. The number of aryl methyl sites for hydroxylation is 2. The van der Waals surface area contributed by atoms with Gasteiger partial charge in [-0.15, -0.1) is 0 Å². The van der Waals surface area contributed by atoms with E-state index in [1.807, 2.05) is 42.5 Å². The zero-order valence-electron chi connectivity index (χ0n) is 16.1. The number of aromatic nitrogens is 2. The molecule has 1 amide bonds. The summed E-state index contributed by atoms with van der Waals surface area (Å²) in [7, 11) is 0. The van der Waals surface area contributed by atoms with Gasteiger partial charge in [-0.1, -0.05) is 59.4 Å². The van der Waals surface area contributed by atoms with Gasteiger partial charge in [-0.25, -0.2) is 4.98 Å². The molecule has 0 aliphatic heterocycles. The zero-order chi connectivity index (χ0) is 20.2. The fraction of sp³-hybridized carbons (Fsp3) is 0.0870. The maximum atomic E-state index is 13.0. The van der Waals surface area contributed by atoms with E-state index < -0.39 is 0 Å². The van der Waals surface area contributed by atoms with Crippen molar-refractivity contribution in [2.45, 2.75) is 13.8 Å². The average molecular weight is 401 g/mol. The second-order valence-electron chi connectivity index (χ2n) is 6.70. The van der Waals surface area contributed by atoms with E-state index >= 15 is 0 Å². The highest BCUT2D eigenvalue weighted by atomic mass is 32.1. The third kappa shape index (κ3) is 4.33. The van der Waals surface area contributed by atoms with Crippen LogP contribution in [0.15, 0.2) is 73.1 Å². The number of hydrogen-bond donors (Lipinski definition) is 2. The van der Waals surface area contributed by atoms with Crippen LogP contribution in [-0.4, -0.2) is 15.9 Å². The summed E-state index contributed by atoms with van der Waals surface area (Å²) < 4.78 is 0. The maximum absolute atomic E-state index is 13.0. The summed E-state index contributed by atoms with van der Waals surface area (Å²) in [6.45, 7) is 4.12. The van der Waals surface area contributed by atoms with Crippen LogP contribution in [0.2, 0.25) is 0 Å². The largest absolute Gasteiger partial charge is 0.331 e. The predicted octanol–water partition coefficient (Wildman–Crippen LogP) is 5.82. The Morgan fingerprint density at radius 1 is 1.00 bits per heavy atom. The highest BCUT2D eigenvalue weighted by Gasteiger charge is 2.20. The lowest BCUT2D eigenvalue weighted by Crippen LogP contribution is -2.11. The normalized spacial score (nSPS) is 10.6. The molecule has 0 spiro atoms. The van der Waals surface area contributed by atoms with Gasteiger partial charge in [0, 0.05) is 17.4 Å². The molecular formula is C23H20N4OS. The summed E-state index contributed by atoms with van der Waals surface area (Å²) in [5, 5.41) is 6.94. The van der Waals surface area contributed by atoms with Gasteiger partial charge in [-0.05, 0) is 37.6 Å². The summed E-state index contributed by atoms with van der Waals surface area (Å²) in [6, 6.07) is 19.5. The second kappa shape index (κ2) is 8.24. The van der Waals surface area contributed by atoms with E-state index in [-0.39, 0.29) is 5.91 Å². The van der Waals surface area contributed by atoms with E-state index in [9.17, 15) is 4.79 Å². The van der Waals surface area contributed by atoms with E-state index in [2.05, 4.69) is 41.6 Å². The minimum absolute atomic E-state index is 0.206. The third-order valence-corrected chi connectivity index (χ3v) is 5.39. The predicted molar refractivity (Wildman–Crippen MR) is 119 cm³/mol. The first-order valence-electron chi connectivity index (χ1n) is 9.22. The molecule has 0 unspecified atom stereocenters. The van der Waals surface area contributed by atoms with Crippen molar-refractivity contribution in [1.82, 2.24) is 9.97 Å². The van der Waals surface area contributed by atoms with Gasteiger partial charge in [0.2, 0.25) is 0 Å². The number of amides is 1. The number of pyridine rings is 1. The SMILES string of the molecule is Cc1ccc(Nc2nc(-c3ccccc3)c(C(=O)Nc3cccnc3)s2)c(C)c1. The summed E-state index contributed by atoms with van der Waals surface area (Å²) in [5.74, 6) is -0.206. The fourth-order valence-corrected chi connectivity index (χ4v) is 3.91. The molecule has 0 atom stereocenters. The second-order valence-corrected chi connectivity index (χ2v) is 7.70. The molecule has 0 saturated carbocycles. The standard InChI is InChI=1S/C23H20N4OS/c1-15-10-11-19(16(2)13-15)26-23-27-20(17-7-4-3-5-8-17)21(29-23)22(28)25-18-9-6-12-24-14-18/h3-14H,1-2H3,(H,25,28)(H,26,27). The van der Waals surface area contributed by atoms with Gasteiger partial charge in [-0.2, -0.15) is 0 Å². The van der Waals surface area contributed by atoms with E-state index in [1.54, 1.807) is 18.5 Å². The van der Waals surface area contributed by atoms with Crippen molar-refractivity contribution in [3.05, 3.63) is 89.1 Å². The molecule has 2 aromatic carbocycles. The molecule has 0 radical (unpaired) electrons. The van der Waals surface area contributed by atoms with E-state index in [0.717, 1.165) is 16.8 Å². The Morgan fingerprint density at radius 3 is 2.55 bits per heavy atom. The molecule has 0 saturated heterocycles. The summed E-state index contributed by atoms with van der Waals surface area (Å²) in [5.41, 5.74) is 5.51. The lowest BCUT2D eigenvalue weighted by Gasteiger charge is -2.07. The maximum Gasteiger partial charge on any atom is 0.268 e. The van der Waals surface area contributed by atoms with Crippen LogP contribution in [0.1, 0.15) is 20.8 Å². The number of thiazole rings is 1. The van der Waals surface area contributed by atoms with E-state index in [4.69, 9.17) is 4.98 Å². The van der Waals surface area contributed by atoms with Crippen molar-refractivity contribution < 1.29 is 4.79 Å². The van der Waals surface area contributed by atoms with Crippen molar-refractivity contribution in [2.75, 3.05) is 10.6 Å². The summed E-state index contributed by atoms with van der Waals surface area (Å²) in [6.07, 6.45) is 3.29. The Labute approximate surface area is 173 Å².